The molecule has 1 aliphatic rings. The van der Waals surface area contributed by atoms with E-state index < -0.39 is 0 Å². The molecule has 1 saturated carbocycles. The number of carbonyl (C=O) groups excluding carboxylic acids is 1. The van der Waals surface area contributed by atoms with E-state index in [1.807, 2.05) is 30.3 Å². The van der Waals surface area contributed by atoms with Crippen molar-refractivity contribution in [3.05, 3.63) is 47.0 Å². The zero-order chi connectivity index (χ0) is 15.5. The molecule has 5 heteroatoms. The highest BCUT2D eigenvalue weighted by atomic mass is 32.1. The quantitative estimate of drug-likeness (QED) is 0.845. The fourth-order valence-electron chi connectivity index (χ4n) is 3.19. The minimum absolute atomic E-state index is 0.0599. The Hall–Kier alpha value is -1.88. The lowest BCUT2D eigenvalue weighted by Gasteiger charge is -2.27. The van der Waals surface area contributed by atoms with Gasteiger partial charge in [0.05, 0.1) is 0 Å². The second-order valence-corrected chi connectivity index (χ2v) is 6.48. The number of hydrogen-bond acceptors (Lipinski definition) is 2. The Balaban J connectivity index is 1.83. The van der Waals surface area contributed by atoms with Crippen LogP contribution >= 0.6 is 12.2 Å². The lowest BCUT2D eigenvalue weighted by molar-refractivity contribution is 0.0914. The summed E-state index contributed by atoms with van der Waals surface area (Å²) in [4.78, 5) is 15.6. The topological polar surface area (TPSA) is 49.8 Å². The van der Waals surface area contributed by atoms with Gasteiger partial charge in [0.15, 0.2) is 4.77 Å². The molecular weight excluding hydrogens is 294 g/mol. The molecule has 0 saturated heterocycles. The molecule has 116 valence electrons. The van der Waals surface area contributed by atoms with Crippen molar-refractivity contribution in [2.45, 2.75) is 38.6 Å². The second-order valence-electron chi connectivity index (χ2n) is 6.09. The smallest absolute Gasteiger partial charge is 0.270 e. The van der Waals surface area contributed by atoms with Gasteiger partial charge in [-0.05, 0) is 43.1 Å². The maximum Gasteiger partial charge on any atom is 0.270 e. The highest BCUT2D eigenvalue weighted by Gasteiger charge is 2.22. The summed E-state index contributed by atoms with van der Waals surface area (Å²) in [6.07, 6.45) is 6.26. The minimum Gasteiger partial charge on any atom is -0.348 e. The molecule has 1 heterocycles. The summed E-state index contributed by atoms with van der Waals surface area (Å²) in [5.74, 6) is 0.622. The number of imidazole rings is 1. The number of rotatable bonds is 3. The highest BCUT2D eigenvalue weighted by Crippen LogP contribution is 2.24. The molecule has 1 aromatic carbocycles. The van der Waals surface area contributed by atoms with Crippen molar-refractivity contribution in [3.63, 3.8) is 0 Å². The minimum atomic E-state index is -0.0599. The normalized spacial score (nSPS) is 21.5. The lowest BCUT2D eigenvalue weighted by atomic mass is 9.87. The third kappa shape index (κ3) is 3.14. The Bertz CT molecular complexity index is 704. The molecule has 2 N–H and O–H groups in total. The Morgan fingerprint density at radius 2 is 2.09 bits per heavy atom. The summed E-state index contributed by atoms with van der Waals surface area (Å²) in [7, 11) is 0. The number of aromatic amines is 1. The molecule has 1 aliphatic carbocycles. The predicted octanol–water partition coefficient (Wildman–Crippen LogP) is 3.84. The van der Waals surface area contributed by atoms with Gasteiger partial charge in [0, 0.05) is 17.9 Å². The molecular formula is C17H21N3OS. The molecule has 0 radical (unpaired) electrons. The van der Waals surface area contributed by atoms with Gasteiger partial charge in [0.25, 0.3) is 5.91 Å². The summed E-state index contributed by atoms with van der Waals surface area (Å²) in [5.41, 5.74) is 1.46. The van der Waals surface area contributed by atoms with Crippen LogP contribution in [0.1, 0.15) is 43.1 Å². The zero-order valence-corrected chi connectivity index (χ0v) is 13.5. The predicted molar refractivity (Wildman–Crippen MR) is 89.8 cm³/mol. The average molecular weight is 315 g/mol. The monoisotopic (exact) mass is 315 g/mol. The van der Waals surface area contributed by atoms with Gasteiger partial charge in [0.2, 0.25) is 0 Å². The number of hydrogen-bond donors (Lipinski definition) is 2. The first kappa shape index (κ1) is 15.0. The molecule has 0 spiro atoms. The van der Waals surface area contributed by atoms with E-state index in [9.17, 15) is 4.79 Å². The van der Waals surface area contributed by atoms with E-state index in [2.05, 4.69) is 17.2 Å². The Labute approximate surface area is 135 Å². The highest BCUT2D eigenvalue weighted by molar-refractivity contribution is 7.71. The van der Waals surface area contributed by atoms with Crippen LogP contribution in [0, 0.1) is 10.7 Å². The fraction of sp³-hybridized carbons (Fsp3) is 0.412. The molecule has 1 aromatic heterocycles. The molecule has 1 fully saturated rings. The van der Waals surface area contributed by atoms with Crippen molar-refractivity contribution >= 4 is 18.1 Å². The van der Waals surface area contributed by atoms with Crippen LogP contribution in [0.4, 0.5) is 0 Å². The number of amides is 1. The van der Waals surface area contributed by atoms with Crippen LogP contribution in [0.25, 0.3) is 5.69 Å². The van der Waals surface area contributed by atoms with Gasteiger partial charge in [-0.15, -0.1) is 0 Å². The van der Waals surface area contributed by atoms with E-state index in [4.69, 9.17) is 12.2 Å². The van der Waals surface area contributed by atoms with Crippen LogP contribution in [-0.4, -0.2) is 21.5 Å². The summed E-state index contributed by atoms with van der Waals surface area (Å²) in [6, 6.07) is 9.99. The first-order valence-electron chi connectivity index (χ1n) is 7.82. The van der Waals surface area contributed by atoms with Crippen molar-refractivity contribution in [2.75, 3.05) is 0 Å². The van der Waals surface area contributed by atoms with Crippen molar-refractivity contribution < 1.29 is 4.79 Å². The number of aromatic nitrogens is 2. The van der Waals surface area contributed by atoms with E-state index in [1.165, 1.54) is 12.8 Å². The first-order valence-corrected chi connectivity index (χ1v) is 8.22. The molecule has 0 aliphatic heterocycles. The second kappa shape index (κ2) is 6.48. The van der Waals surface area contributed by atoms with Crippen LogP contribution in [-0.2, 0) is 0 Å². The van der Waals surface area contributed by atoms with Gasteiger partial charge in [-0.2, -0.15) is 0 Å². The number of carbonyl (C=O) groups is 1. The van der Waals surface area contributed by atoms with Crippen LogP contribution < -0.4 is 5.32 Å². The zero-order valence-electron chi connectivity index (χ0n) is 12.7. The van der Waals surface area contributed by atoms with Crippen molar-refractivity contribution in [2.24, 2.45) is 5.92 Å². The molecule has 2 aromatic rings. The van der Waals surface area contributed by atoms with E-state index in [1.54, 1.807) is 10.8 Å². The van der Waals surface area contributed by atoms with Gasteiger partial charge in [-0.1, -0.05) is 38.0 Å². The lowest BCUT2D eigenvalue weighted by Crippen LogP contribution is -2.38. The Kier molecular flexibility index (Phi) is 4.43. The number of nitrogens with one attached hydrogen (secondary N) is 2. The van der Waals surface area contributed by atoms with E-state index in [0.29, 0.717) is 16.4 Å². The van der Waals surface area contributed by atoms with Crippen LogP contribution in [0.3, 0.4) is 0 Å². The molecule has 2 atom stereocenters. The summed E-state index contributed by atoms with van der Waals surface area (Å²) >= 11 is 5.32. The maximum atomic E-state index is 12.6. The summed E-state index contributed by atoms with van der Waals surface area (Å²) < 4.78 is 2.32. The van der Waals surface area contributed by atoms with Gasteiger partial charge in [-0.3, -0.25) is 9.36 Å². The Morgan fingerprint density at radius 3 is 2.82 bits per heavy atom. The maximum absolute atomic E-state index is 12.6. The molecule has 22 heavy (non-hydrogen) atoms. The number of benzene rings is 1. The fourth-order valence-corrected chi connectivity index (χ4v) is 3.46. The van der Waals surface area contributed by atoms with Gasteiger partial charge in [-0.25, -0.2) is 0 Å². The number of nitrogens with zero attached hydrogens (tertiary/aromatic N) is 1. The first-order chi connectivity index (χ1) is 10.6. The van der Waals surface area contributed by atoms with Gasteiger partial charge >= 0.3 is 0 Å². The Morgan fingerprint density at radius 1 is 1.32 bits per heavy atom. The summed E-state index contributed by atoms with van der Waals surface area (Å²) in [5, 5.41) is 3.16. The van der Waals surface area contributed by atoms with E-state index >= 15 is 0 Å². The third-order valence-corrected chi connectivity index (χ3v) is 4.60. The van der Waals surface area contributed by atoms with Crippen molar-refractivity contribution in [3.8, 4) is 5.69 Å². The largest absolute Gasteiger partial charge is 0.348 e. The molecule has 4 nitrogen and oxygen atoms in total. The average Bonchev–Trinajstić information content (AvgIpc) is 2.90. The third-order valence-electron chi connectivity index (χ3n) is 4.30. The van der Waals surface area contributed by atoms with Gasteiger partial charge in [0.1, 0.15) is 5.69 Å². The number of para-hydroxylation sites is 1. The molecule has 0 bridgehead atoms. The SMILES string of the molecule is CC1CCCC(NC(=O)c2c[nH]c(=S)n2-c2ccccc2)C1. The van der Waals surface area contributed by atoms with Gasteiger partial charge < -0.3 is 10.3 Å². The number of H-pyrrole nitrogens is 1. The van der Waals surface area contributed by atoms with E-state index in [-0.39, 0.29) is 11.9 Å². The van der Waals surface area contributed by atoms with E-state index in [0.717, 1.165) is 18.5 Å². The van der Waals surface area contributed by atoms with Crippen molar-refractivity contribution in [1.29, 1.82) is 0 Å². The van der Waals surface area contributed by atoms with Crippen LogP contribution in [0.2, 0.25) is 0 Å². The van der Waals surface area contributed by atoms with Crippen LogP contribution in [0.5, 0.6) is 0 Å². The standard InChI is InChI=1S/C17H21N3OS/c1-12-6-5-7-13(10-12)19-16(21)15-11-18-17(22)20(15)14-8-3-2-4-9-14/h2-4,8-9,11-13H,5-7,10H2,1H3,(H,18,22)(H,19,21). The molecule has 3 rings (SSSR count). The van der Waals surface area contributed by atoms with Crippen molar-refractivity contribution in [1.82, 2.24) is 14.9 Å². The molecule has 2 unspecified atom stereocenters. The van der Waals surface area contributed by atoms with Crippen LogP contribution in [0.15, 0.2) is 36.5 Å². The summed E-state index contributed by atoms with van der Waals surface area (Å²) in [6.45, 7) is 2.25. The molecule has 1 amide bonds.